The molecule has 0 aliphatic heterocycles. The number of aromatic hydroxyl groups is 1. The Bertz CT molecular complexity index is 611. The van der Waals surface area contributed by atoms with Crippen LogP contribution in [0.5, 0.6) is 5.75 Å². The van der Waals surface area contributed by atoms with Crippen LogP contribution in [0.15, 0.2) is 24.3 Å². The Balaban J connectivity index is 2.17. The topological polar surface area (TPSA) is 88.0 Å². The van der Waals surface area contributed by atoms with E-state index in [1.165, 1.54) is 24.3 Å². The number of nitrogens with one attached hydrogen (secondary N) is 1. The molecule has 1 aromatic carbocycles. The highest BCUT2D eigenvalue weighted by Gasteiger charge is 2.10. The first-order valence-corrected chi connectivity index (χ1v) is 6.46. The molecule has 0 aliphatic rings. The number of phenolic OH excluding ortho intramolecular Hbond substituents is 1. The lowest BCUT2D eigenvalue weighted by atomic mass is 10.2. The second-order valence-electron chi connectivity index (χ2n) is 4.24. The molecule has 1 amide bonds. The molecule has 1 heterocycles. The number of benzene rings is 1. The molecule has 0 aliphatic carbocycles. The number of hydrogen-bond donors (Lipinski definition) is 2. The summed E-state index contributed by atoms with van der Waals surface area (Å²) in [6, 6.07) is 5.95. The maximum Gasteiger partial charge on any atom is 0.258 e. The molecule has 1 aromatic heterocycles. The van der Waals surface area contributed by atoms with Gasteiger partial charge in [-0.25, -0.2) is 4.98 Å². The number of aromatic nitrogens is 3. The summed E-state index contributed by atoms with van der Waals surface area (Å²) in [5, 5.41) is 19.7. The van der Waals surface area contributed by atoms with Crippen molar-refractivity contribution >= 4 is 11.9 Å². The van der Waals surface area contributed by atoms with Crippen LogP contribution in [0, 0.1) is 0 Å². The van der Waals surface area contributed by atoms with E-state index in [4.69, 9.17) is 0 Å². The van der Waals surface area contributed by atoms with E-state index in [2.05, 4.69) is 20.5 Å². The molecule has 0 saturated heterocycles. The fraction of sp³-hybridized carbons (Fsp3) is 0.286. The van der Waals surface area contributed by atoms with Gasteiger partial charge in [0, 0.05) is 5.56 Å². The summed E-state index contributed by atoms with van der Waals surface area (Å²) >= 11 is 0. The molecule has 2 rings (SSSR count). The third-order valence-electron chi connectivity index (χ3n) is 2.86. The van der Waals surface area contributed by atoms with Crippen molar-refractivity contribution in [3.05, 3.63) is 41.2 Å². The van der Waals surface area contributed by atoms with Crippen molar-refractivity contribution in [3.8, 4) is 5.75 Å². The number of nitrogens with zero attached hydrogens (tertiary/aromatic N) is 3. The van der Waals surface area contributed by atoms with Gasteiger partial charge < -0.3 is 5.11 Å². The fourth-order valence-electron chi connectivity index (χ4n) is 1.78. The molecule has 0 saturated carbocycles. The quantitative estimate of drug-likeness (QED) is 0.888. The first kappa shape index (κ1) is 13.9. The zero-order valence-corrected chi connectivity index (χ0v) is 11.4. The molecule has 0 atom stereocenters. The number of phenols is 1. The molecule has 0 fully saturated rings. The van der Waals surface area contributed by atoms with Gasteiger partial charge in [0.1, 0.15) is 5.75 Å². The molecule has 6 nitrogen and oxygen atoms in total. The molecule has 0 unspecified atom stereocenters. The Morgan fingerprint density at radius 1 is 1.10 bits per heavy atom. The summed E-state index contributed by atoms with van der Waals surface area (Å²) in [6.45, 7) is 3.97. The minimum absolute atomic E-state index is 0.111. The molecule has 104 valence electrons. The Kier molecular flexibility index (Phi) is 4.24. The second kappa shape index (κ2) is 6.10. The average Bonchev–Trinajstić information content (AvgIpc) is 2.47. The first-order valence-electron chi connectivity index (χ1n) is 6.46. The third kappa shape index (κ3) is 3.09. The number of anilines is 1. The highest BCUT2D eigenvalue weighted by Crippen LogP contribution is 2.12. The van der Waals surface area contributed by atoms with Crippen molar-refractivity contribution in [1.29, 1.82) is 0 Å². The van der Waals surface area contributed by atoms with Crippen molar-refractivity contribution in [1.82, 2.24) is 15.2 Å². The van der Waals surface area contributed by atoms with Crippen molar-refractivity contribution in [2.75, 3.05) is 5.32 Å². The second-order valence-corrected chi connectivity index (χ2v) is 4.24. The molecule has 2 aromatic rings. The van der Waals surface area contributed by atoms with E-state index >= 15 is 0 Å². The molecule has 2 N–H and O–H groups in total. The van der Waals surface area contributed by atoms with Gasteiger partial charge in [-0.15, -0.1) is 10.2 Å². The van der Waals surface area contributed by atoms with Gasteiger partial charge in [0.15, 0.2) is 0 Å². The third-order valence-corrected chi connectivity index (χ3v) is 2.86. The normalized spacial score (nSPS) is 10.3. The summed E-state index contributed by atoms with van der Waals surface area (Å²) in [5.41, 5.74) is 2.10. The Labute approximate surface area is 116 Å². The summed E-state index contributed by atoms with van der Waals surface area (Å²) < 4.78 is 0. The molecular weight excluding hydrogens is 256 g/mol. The van der Waals surface area contributed by atoms with Gasteiger partial charge in [0.05, 0.1) is 11.4 Å². The standard InChI is InChI=1S/C14H16N4O2/c1-3-11-12(4-2)17-18-14(15-11)16-13(20)9-5-7-10(19)8-6-9/h5-8,19H,3-4H2,1-2H3,(H,15,16,18,20). The number of rotatable bonds is 4. The maximum absolute atomic E-state index is 12.0. The van der Waals surface area contributed by atoms with Gasteiger partial charge in [0.2, 0.25) is 5.95 Å². The van der Waals surface area contributed by atoms with Gasteiger partial charge in [-0.2, -0.15) is 0 Å². The number of amides is 1. The molecule has 6 heteroatoms. The molecule has 0 spiro atoms. The van der Waals surface area contributed by atoms with Crippen molar-refractivity contribution in [2.45, 2.75) is 26.7 Å². The van der Waals surface area contributed by atoms with E-state index in [1.54, 1.807) is 0 Å². The Morgan fingerprint density at radius 3 is 2.35 bits per heavy atom. The smallest absolute Gasteiger partial charge is 0.258 e. The zero-order chi connectivity index (χ0) is 14.5. The SMILES string of the molecule is CCc1nnc(NC(=O)c2ccc(O)cc2)nc1CC. The van der Waals surface area contributed by atoms with Crippen LogP contribution in [0.2, 0.25) is 0 Å². The van der Waals surface area contributed by atoms with Crippen LogP contribution < -0.4 is 5.32 Å². The van der Waals surface area contributed by atoms with Crippen LogP contribution in [-0.2, 0) is 12.8 Å². The van der Waals surface area contributed by atoms with Gasteiger partial charge in [0.25, 0.3) is 5.91 Å². The summed E-state index contributed by atoms with van der Waals surface area (Å²) in [6.07, 6.45) is 1.50. The summed E-state index contributed by atoms with van der Waals surface area (Å²) in [4.78, 5) is 16.3. The van der Waals surface area contributed by atoms with Crippen LogP contribution in [0.4, 0.5) is 5.95 Å². The van der Waals surface area contributed by atoms with Crippen LogP contribution in [0.1, 0.15) is 35.6 Å². The monoisotopic (exact) mass is 272 g/mol. The fourth-order valence-corrected chi connectivity index (χ4v) is 1.78. The van der Waals surface area contributed by atoms with Gasteiger partial charge in [-0.05, 0) is 37.1 Å². The van der Waals surface area contributed by atoms with Gasteiger partial charge in [-0.3, -0.25) is 10.1 Å². The van der Waals surface area contributed by atoms with E-state index in [0.29, 0.717) is 5.56 Å². The average molecular weight is 272 g/mol. The molecule has 0 bridgehead atoms. The van der Waals surface area contributed by atoms with Gasteiger partial charge in [-0.1, -0.05) is 13.8 Å². The van der Waals surface area contributed by atoms with E-state index in [-0.39, 0.29) is 17.6 Å². The van der Waals surface area contributed by atoms with Gasteiger partial charge >= 0.3 is 0 Å². The predicted molar refractivity (Wildman–Crippen MR) is 74.6 cm³/mol. The summed E-state index contributed by atoms with van der Waals surface area (Å²) in [5.74, 6) is -0.0322. The van der Waals surface area contributed by atoms with E-state index in [0.717, 1.165) is 24.2 Å². The number of carbonyl (C=O) groups excluding carboxylic acids is 1. The Morgan fingerprint density at radius 2 is 1.75 bits per heavy atom. The van der Waals surface area contributed by atoms with Crippen LogP contribution in [0.25, 0.3) is 0 Å². The minimum Gasteiger partial charge on any atom is -0.508 e. The van der Waals surface area contributed by atoms with Crippen LogP contribution in [0.3, 0.4) is 0 Å². The minimum atomic E-state index is -0.335. The number of hydrogen-bond acceptors (Lipinski definition) is 5. The first-order chi connectivity index (χ1) is 9.63. The molecular formula is C14H16N4O2. The highest BCUT2D eigenvalue weighted by atomic mass is 16.3. The lowest BCUT2D eigenvalue weighted by Crippen LogP contribution is -2.16. The van der Waals surface area contributed by atoms with Crippen LogP contribution in [-0.4, -0.2) is 26.2 Å². The zero-order valence-electron chi connectivity index (χ0n) is 11.4. The Hall–Kier alpha value is -2.50. The lowest BCUT2D eigenvalue weighted by Gasteiger charge is -2.07. The van der Waals surface area contributed by atoms with Crippen molar-refractivity contribution < 1.29 is 9.90 Å². The van der Waals surface area contributed by atoms with E-state index in [1.807, 2.05) is 13.8 Å². The predicted octanol–water partition coefficient (Wildman–Crippen LogP) is 1.95. The van der Waals surface area contributed by atoms with Crippen molar-refractivity contribution in [3.63, 3.8) is 0 Å². The molecule has 20 heavy (non-hydrogen) atoms. The lowest BCUT2D eigenvalue weighted by molar-refractivity contribution is 0.102. The highest BCUT2D eigenvalue weighted by molar-refractivity contribution is 6.03. The van der Waals surface area contributed by atoms with Crippen LogP contribution >= 0.6 is 0 Å². The maximum atomic E-state index is 12.0. The largest absolute Gasteiger partial charge is 0.508 e. The number of carbonyl (C=O) groups is 1. The van der Waals surface area contributed by atoms with E-state index < -0.39 is 0 Å². The number of aryl methyl sites for hydroxylation is 2. The van der Waals surface area contributed by atoms with E-state index in [9.17, 15) is 9.90 Å². The summed E-state index contributed by atoms with van der Waals surface area (Å²) in [7, 11) is 0. The van der Waals surface area contributed by atoms with Crippen molar-refractivity contribution in [2.24, 2.45) is 0 Å². The molecule has 0 radical (unpaired) electrons.